The molecule has 0 unspecified atom stereocenters. The highest BCUT2D eigenvalue weighted by atomic mass is 79.9. The molecular weight excluding hydrogens is 400 g/mol. The number of aromatic nitrogens is 1. The first kappa shape index (κ1) is 17.8. The molecule has 0 atom stereocenters. The monoisotopic (exact) mass is 416 g/mol. The molecular formula is C19H17BrN2O2S. The van der Waals surface area contributed by atoms with Gasteiger partial charge in [0.2, 0.25) is 0 Å². The molecule has 1 heterocycles. The fourth-order valence-corrected chi connectivity index (χ4v) is 3.44. The van der Waals surface area contributed by atoms with E-state index in [0.717, 1.165) is 21.3 Å². The molecule has 1 amide bonds. The molecule has 1 N–H and O–H groups in total. The van der Waals surface area contributed by atoms with Crippen LogP contribution in [-0.2, 0) is 17.8 Å². The second kappa shape index (κ2) is 8.38. The molecule has 0 spiro atoms. The van der Waals surface area contributed by atoms with Crippen LogP contribution in [0.3, 0.4) is 0 Å². The van der Waals surface area contributed by atoms with Crippen molar-refractivity contribution in [2.45, 2.75) is 13.0 Å². The molecule has 0 radical (unpaired) electrons. The van der Waals surface area contributed by atoms with Gasteiger partial charge in [-0.2, -0.15) is 0 Å². The number of amides is 1. The smallest absolute Gasteiger partial charge is 0.257 e. The molecule has 0 aliphatic rings. The molecule has 0 aliphatic carbocycles. The van der Waals surface area contributed by atoms with E-state index in [-0.39, 0.29) is 5.91 Å². The minimum atomic E-state index is -0.159. The Kier molecular flexibility index (Phi) is 5.96. The van der Waals surface area contributed by atoms with Gasteiger partial charge in [0.25, 0.3) is 5.91 Å². The van der Waals surface area contributed by atoms with E-state index in [1.54, 1.807) is 19.2 Å². The Hall–Kier alpha value is -2.02. The molecule has 25 heavy (non-hydrogen) atoms. The molecule has 3 aromatic rings. The van der Waals surface area contributed by atoms with Crippen molar-refractivity contribution in [2.24, 2.45) is 0 Å². The lowest BCUT2D eigenvalue weighted by Gasteiger charge is -2.03. The van der Waals surface area contributed by atoms with Crippen molar-refractivity contribution >= 4 is 38.3 Å². The van der Waals surface area contributed by atoms with Gasteiger partial charge in [0, 0.05) is 34.6 Å². The molecule has 0 saturated carbocycles. The third kappa shape index (κ3) is 4.98. The molecule has 128 valence electrons. The van der Waals surface area contributed by atoms with Gasteiger partial charge in [0.05, 0.1) is 6.61 Å². The highest BCUT2D eigenvalue weighted by Crippen LogP contribution is 2.22. The average Bonchev–Trinajstić information content (AvgIpc) is 3.05. The highest BCUT2D eigenvalue weighted by Gasteiger charge is 2.09. The number of anilines is 1. The van der Waals surface area contributed by atoms with E-state index in [4.69, 9.17) is 4.74 Å². The van der Waals surface area contributed by atoms with Crippen LogP contribution in [0.1, 0.15) is 26.4 Å². The van der Waals surface area contributed by atoms with Crippen LogP contribution in [0.4, 0.5) is 5.13 Å². The fraction of sp³-hybridized carbons (Fsp3) is 0.158. The maximum absolute atomic E-state index is 12.3. The number of carbonyl (C=O) groups excluding carboxylic acids is 1. The van der Waals surface area contributed by atoms with Gasteiger partial charge < -0.3 is 4.74 Å². The lowest BCUT2D eigenvalue weighted by atomic mass is 10.1. The summed E-state index contributed by atoms with van der Waals surface area (Å²) in [6.07, 6.45) is 2.61. The number of benzene rings is 2. The molecule has 0 bridgehead atoms. The molecule has 1 aromatic heterocycles. The molecule has 6 heteroatoms. The maximum Gasteiger partial charge on any atom is 0.257 e. The average molecular weight is 417 g/mol. The van der Waals surface area contributed by atoms with E-state index < -0.39 is 0 Å². The van der Waals surface area contributed by atoms with Gasteiger partial charge in [-0.05, 0) is 35.4 Å². The zero-order chi connectivity index (χ0) is 17.6. The lowest BCUT2D eigenvalue weighted by Crippen LogP contribution is -2.11. The molecule has 0 aliphatic heterocycles. The van der Waals surface area contributed by atoms with Crippen LogP contribution < -0.4 is 5.32 Å². The largest absolute Gasteiger partial charge is 0.380 e. The van der Waals surface area contributed by atoms with E-state index in [1.807, 2.05) is 30.5 Å². The molecule has 4 nitrogen and oxygen atoms in total. The molecule has 0 saturated heterocycles. The Morgan fingerprint density at radius 3 is 2.48 bits per heavy atom. The minimum Gasteiger partial charge on any atom is -0.380 e. The van der Waals surface area contributed by atoms with Crippen molar-refractivity contribution in [2.75, 3.05) is 12.4 Å². The summed E-state index contributed by atoms with van der Waals surface area (Å²) < 4.78 is 6.13. The zero-order valence-corrected chi connectivity index (χ0v) is 16.1. The van der Waals surface area contributed by atoms with Gasteiger partial charge in [0.1, 0.15) is 0 Å². The van der Waals surface area contributed by atoms with Crippen molar-refractivity contribution in [1.29, 1.82) is 0 Å². The number of ether oxygens (including phenoxy) is 1. The van der Waals surface area contributed by atoms with E-state index >= 15 is 0 Å². The van der Waals surface area contributed by atoms with E-state index in [1.165, 1.54) is 16.9 Å². The highest BCUT2D eigenvalue weighted by molar-refractivity contribution is 9.10. The summed E-state index contributed by atoms with van der Waals surface area (Å²) >= 11 is 4.92. The van der Waals surface area contributed by atoms with Crippen LogP contribution in [0.2, 0.25) is 0 Å². The van der Waals surface area contributed by atoms with Crippen LogP contribution in [0.15, 0.2) is 59.2 Å². The first-order valence-electron chi connectivity index (χ1n) is 7.72. The summed E-state index contributed by atoms with van der Waals surface area (Å²) in [6, 6.07) is 15.5. The number of carbonyl (C=O) groups is 1. The van der Waals surface area contributed by atoms with E-state index in [0.29, 0.717) is 17.3 Å². The van der Waals surface area contributed by atoms with Crippen molar-refractivity contribution < 1.29 is 9.53 Å². The summed E-state index contributed by atoms with van der Waals surface area (Å²) in [4.78, 5) is 17.7. The van der Waals surface area contributed by atoms with E-state index in [9.17, 15) is 4.79 Å². The lowest BCUT2D eigenvalue weighted by molar-refractivity contribution is 0.102. The normalized spacial score (nSPS) is 10.6. The Bertz CT molecular complexity index is 845. The van der Waals surface area contributed by atoms with Crippen molar-refractivity contribution in [1.82, 2.24) is 4.98 Å². The number of methoxy groups -OCH3 is 1. The van der Waals surface area contributed by atoms with Gasteiger partial charge in [0.15, 0.2) is 5.13 Å². The predicted molar refractivity (Wildman–Crippen MR) is 104 cm³/mol. The maximum atomic E-state index is 12.3. The summed E-state index contributed by atoms with van der Waals surface area (Å²) in [5.74, 6) is -0.159. The Labute approximate surface area is 159 Å². The number of nitrogens with zero attached hydrogens (tertiary/aromatic N) is 1. The summed E-state index contributed by atoms with van der Waals surface area (Å²) in [6.45, 7) is 0.536. The molecule has 3 rings (SSSR count). The number of nitrogens with one attached hydrogen (secondary N) is 1. The quantitative estimate of drug-likeness (QED) is 0.621. The van der Waals surface area contributed by atoms with Crippen molar-refractivity contribution in [3.05, 3.63) is 80.8 Å². The third-order valence-electron chi connectivity index (χ3n) is 3.59. The summed E-state index contributed by atoms with van der Waals surface area (Å²) in [5, 5.41) is 3.46. The van der Waals surface area contributed by atoms with Crippen LogP contribution in [0, 0.1) is 0 Å². The zero-order valence-electron chi connectivity index (χ0n) is 13.7. The predicted octanol–water partition coefficient (Wildman–Crippen LogP) is 4.90. The first-order chi connectivity index (χ1) is 12.1. The van der Waals surface area contributed by atoms with Crippen LogP contribution in [0.25, 0.3) is 0 Å². The number of hydrogen-bond acceptors (Lipinski definition) is 4. The Morgan fingerprint density at radius 2 is 1.80 bits per heavy atom. The number of halogens is 1. The Morgan fingerprint density at radius 1 is 1.12 bits per heavy atom. The summed E-state index contributed by atoms with van der Waals surface area (Å²) in [5.41, 5.74) is 2.84. The number of thiazole rings is 1. The SMILES string of the molecule is COCc1ccc(C(=O)Nc2ncc(Cc3ccc(Br)cc3)s2)cc1. The van der Waals surface area contributed by atoms with Crippen LogP contribution in [0.5, 0.6) is 0 Å². The number of rotatable bonds is 6. The minimum absolute atomic E-state index is 0.159. The van der Waals surface area contributed by atoms with Gasteiger partial charge >= 0.3 is 0 Å². The number of hydrogen-bond donors (Lipinski definition) is 1. The first-order valence-corrected chi connectivity index (χ1v) is 9.33. The van der Waals surface area contributed by atoms with Crippen LogP contribution in [-0.4, -0.2) is 18.0 Å². The molecule has 0 fully saturated rings. The van der Waals surface area contributed by atoms with Gasteiger partial charge in [-0.3, -0.25) is 10.1 Å². The van der Waals surface area contributed by atoms with Gasteiger partial charge in [-0.15, -0.1) is 11.3 Å². The second-order valence-electron chi connectivity index (χ2n) is 5.52. The van der Waals surface area contributed by atoms with Gasteiger partial charge in [-0.1, -0.05) is 40.2 Å². The van der Waals surface area contributed by atoms with Crippen LogP contribution >= 0.6 is 27.3 Å². The van der Waals surface area contributed by atoms with Gasteiger partial charge in [-0.25, -0.2) is 4.98 Å². The van der Waals surface area contributed by atoms with E-state index in [2.05, 4.69) is 38.4 Å². The molecule has 2 aromatic carbocycles. The van der Waals surface area contributed by atoms with Crippen molar-refractivity contribution in [3.8, 4) is 0 Å². The van der Waals surface area contributed by atoms with Crippen molar-refractivity contribution in [3.63, 3.8) is 0 Å². The summed E-state index contributed by atoms with van der Waals surface area (Å²) in [7, 11) is 1.65. The second-order valence-corrected chi connectivity index (χ2v) is 7.55. The topological polar surface area (TPSA) is 51.2 Å². The fourth-order valence-electron chi connectivity index (χ4n) is 2.34. The third-order valence-corrected chi connectivity index (χ3v) is 5.03. The Balaban J connectivity index is 1.62. The standard InChI is InChI=1S/C19H17BrN2O2S/c1-24-12-14-2-6-15(7-3-14)18(23)22-19-21-11-17(25-19)10-13-4-8-16(20)9-5-13/h2-9,11H,10,12H2,1H3,(H,21,22,23).